The summed E-state index contributed by atoms with van der Waals surface area (Å²) >= 11 is 12.5. The maximum Gasteiger partial charge on any atom is 0.227 e. The molecule has 4 rings (SSSR count). The molecule has 1 unspecified atom stereocenters. The Bertz CT molecular complexity index is 909. The van der Waals surface area contributed by atoms with E-state index in [0.29, 0.717) is 33.6 Å². The lowest BCUT2D eigenvalue weighted by Gasteiger charge is -2.46. The summed E-state index contributed by atoms with van der Waals surface area (Å²) in [6.45, 7) is 6.91. The average Bonchev–Trinajstić information content (AvgIpc) is 2.70. The fourth-order valence-electron chi connectivity index (χ4n) is 4.54. The lowest BCUT2D eigenvalue weighted by molar-refractivity contribution is 0.101. The molecule has 2 aromatic rings. The van der Waals surface area contributed by atoms with Crippen LogP contribution in [0.5, 0.6) is 0 Å². The number of aliphatic hydroxyl groups excluding tert-OH is 1. The van der Waals surface area contributed by atoms with E-state index in [9.17, 15) is 9.50 Å². The number of anilines is 2. The lowest BCUT2D eigenvalue weighted by atomic mass is 9.81. The first-order chi connectivity index (χ1) is 14.9. The second kappa shape index (κ2) is 9.86. The Morgan fingerprint density at radius 1 is 1.23 bits per heavy atom. The molecule has 2 fully saturated rings. The summed E-state index contributed by atoms with van der Waals surface area (Å²) < 4.78 is 13.3. The van der Waals surface area contributed by atoms with Crippen LogP contribution in [0.15, 0.2) is 24.4 Å². The third-order valence-corrected chi connectivity index (χ3v) is 6.94. The van der Waals surface area contributed by atoms with Crippen LogP contribution in [-0.4, -0.2) is 59.3 Å². The summed E-state index contributed by atoms with van der Waals surface area (Å²) in [5, 5.41) is 13.3. The molecular formula is C22H28Cl2FN5O. The number of benzene rings is 1. The first-order valence-corrected chi connectivity index (χ1v) is 11.5. The normalized spacial score (nSPS) is 21.1. The van der Waals surface area contributed by atoms with E-state index in [4.69, 9.17) is 23.2 Å². The van der Waals surface area contributed by atoms with Crippen molar-refractivity contribution in [2.75, 3.05) is 49.5 Å². The molecule has 0 radical (unpaired) electrons. The maximum atomic E-state index is 13.3. The van der Waals surface area contributed by atoms with E-state index in [1.165, 1.54) is 25.0 Å². The molecule has 3 heterocycles. The lowest BCUT2D eigenvalue weighted by Crippen LogP contribution is -2.54. The van der Waals surface area contributed by atoms with Crippen LogP contribution < -0.4 is 10.2 Å². The average molecular weight is 468 g/mol. The zero-order valence-electron chi connectivity index (χ0n) is 17.6. The molecule has 31 heavy (non-hydrogen) atoms. The number of hydrogen-bond donors (Lipinski definition) is 2. The van der Waals surface area contributed by atoms with Gasteiger partial charge >= 0.3 is 0 Å². The Labute approximate surface area is 192 Å². The van der Waals surface area contributed by atoms with Crippen molar-refractivity contribution >= 4 is 35.0 Å². The topological polar surface area (TPSA) is 64.5 Å². The highest BCUT2D eigenvalue weighted by molar-refractivity contribution is 6.33. The minimum Gasteiger partial charge on any atom is -0.395 e. The van der Waals surface area contributed by atoms with E-state index < -0.39 is 0 Å². The number of β-amino-alcohol motifs (C(OH)–C–C–N with tert-alkyl or cyclic N) is 1. The van der Waals surface area contributed by atoms with Gasteiger partial charge in [-0.2, -0.15) is 4.98 Å². The highest BCUT2D eigenvalue weighted by Crippen LogP contribution is 2.34. The molecule has 0 amide bonds. The van der Waals surface area contributed by atoms with Crippen molar-refractivity contribution in [2.24, 2.45) is 11.8 Å². The smallest absolute Gasteiger partial charge is 0.227 e. The summed E-state index contributed by atoms with van der Waals surface area (Å²) in [5.41, 5.74) is 0.771. The molecule has 0 bridgehead atoms. The molecule has 1 aromatic carbocycles. The standard InChI is InChI=1S/C22H28Cl2FN5O/c1-14(18-5-4-17(25)9-19(18)23)27-21-20(24)10-26-22(28-21)30-12-16(13-30)15-3-2-6-29(11-15)7-8-31/h4-5,9-10,14-16,31H,2-3,6-8,11-13H2,1H3,(H,26,27,28)/t14-,15?/m1/s1. The number of hydrogen-bond acceptors (Lipinski definition) is 6. The van der Waals surface area contributed by atoms with Crippen molar-refractivity contribution < 1.29 is 9.50 Å². The number of nitrogens with one attached hydrogen (secondary N) is 1. The third-order valence-electron chi connectivity index (χ3n) is 6.33. The quantitative estimate of drug-likeness (QED) is 0.634. The monoisotopic (exact) mass is 467 g/mol. The van der Waals surface area contributed by atoms with Gasteiger partial charge in [0.2, 0.25) is 5.95 Å². The molecule has 168 valence electrons. The molecule has 0 saturated carbocycles. The van der Waals surface area contributed by atoms with Crippen LogP contribution in [0.1, 0.15) is 31.4 Å². The van der Waals surface area contributed by atoms with Crippen molar-refractivity contribution in [1.82, 2.24) is 14.9 Å². The number of rotatable bonds is 7. The van der Waals surface area contributed by atoms with Crippen LogP contribution in [0, 0.1) is 17.7 Å². The Morgan fingerprint density at radius 2 is 2.03 bits per heavy atom. The summed E-state index contributed by atoms with van der Waals surface area (Å²) in [5.74, 6) is 2.10. The number of halogens is 3. The minimum atomic E-state index is -0.368. The summed E-state index contributed by atoms with van der Waals surface area (Å²) in [6.07, 6.45) is 4.04. The van der Waals surface area contributed by atoms with E-state index in [0.717, 1.165) is 38.3 Å². The van der Waals surface area contributed by atoms with Gasteiger partial charge in [-0.25, -0.2) is 9.37 Å². The van der Waals surface area contributed by atoms with Crippen LogP contribution in [-0.2, 0) is 0 Å². The molecule has 6 nitrogen and oxygen atoms in total. The number of aliphatic hydroxyl groups is 1. The van der Waals surface area contributed by atoms with Gasteiger partial charge < -0.3 is 20.2 Å². The van der Waals surface area contributed by atoms with Crippen molar-refractivity contribution in [2.45, 2.75) is 25.8 Å². The van der Waals surface area contributed by atoms with Gasteiger partial charge in [0.1, 0.15) is 10.8 Å². The third kappa shape index (κ3) is 5.22. The SMILES string of the molecule is C[C@@H](Nc1nc(N2CC(C3CCCN(CCO)C3)C2)ncc1Cl)c1ccc(F)cc1Cl. The molecule has 2 aliphatic rings. The fourth-order valence-corrected chi connectivity index (χ4v) is 5.02. The van der Waals surface area contributed by atoms with Crippen LogP contribution in [0.2, 0.25) is 10.0 Å². The molecule has 1 aromatic heterocycles. The van der Waals surface area contributed by atoms with Gasteiger partial charge in [-0.3, -0.25) is 0 Å². The van der Waals surface area contributed by atoms with Gasteiger partial charge in [-0.05, 0) is 55.8 Å². The second-order valence-electron chi connectivity index (χ2n) is 8.49. The van der Waals surface area contributed by atoms with Crippen molar-refractivity contribution in [1.29, 1.82) is 0 Å². The Kier molecular flexibility index (Phi) is 7.16. The molecule has 2 saturated heterocycles. The van der Waals surface area contributed by atoms with Crippen LogP contribution in [0.4, 0.5) is 16.2 Å². The Hall–Kier alpha value is -1.67. The molecule has 2 N–H and O–H groups in total. The highest BCUT2D eigenvalue weighted by Gasteiger charge is 2.37. The summed E-state index contributed by atoms with van der Waals surface area (Å²) in [6, 6.07) is 4.15. The van der Waals surface area contributed by atoms with E-state index in [2.05, 4.69) is 25.1 Å². The van der Waals surface area contributed by atoms with Gasteiger partial charge in [0.25, 0.3) is 0 Å². The molecule has 0 aliphatic carbocycles. The fraction of sp³-hybridized carbons (Fsp3) is 0.545. The van der Waals surface area contributed by atoms with Crippen LogP contribution in [0.3, 0.4) is 0 Å². The predicted molar refractivity (Wildman–Crippen MR) is 122 cm³/mol. The molecule has 0 spiro atoms. The number of nitrogens with zero attached hydrogens (tertiary/aromatic N) is 4. The van der Waals surface area contributed by atoms with Crippen molar-refractivity contribution in [3.05, 3.63) is 45.8 Å². The predicted octanol–water partition coefficient (Wildman–Crippen LogP) is 4.24. The number of piperidine rings is 1. The van der Waals surface area contributed by atoms with E-state index >= 15 is 0 Å². The van der Waals surface area contributed by atoms with Gasteiger partial charge in [-0.1, -0.05) is 29.3 Å². The molecule has 2 atom stereocenters. The number of aromatic nitrogens is 2. The maximum absolute atomic E-state index is 13.3. The summed E-state index contributed by atoms with van der Waals surface area (Å²) in [4.78, 5) is 13.6. The van der Waals surface area contributed by atoms with Gasteiger partial charge in [0.05, 0.1) is 18.8 Å². The first kappa shape index (κ1) is 22.5. The van der Waals surface area contributed by atoms with E-state index in [1.54, 1.807) is 12.3 Å². The molecule has 9 heteroatoms. The Morgan fingerprint density at radius 3 is 2.77 bits per heavy atom. The van der Waals surface area contributed by atoms with Gasteiger partial charge in [-0.15, -0.1) is 0 Å². The van der Waals surface area contributed by atoms with Crippen LogP contribution in [0.25, 0.3) is 0 Å². The zero-order chi connectivity index (χ0) is 22.0. The van der Waals surface area contributed by atoms with Gasteiger partial charge in [0, 0.05) is 31.2 Å². The van der Waals surface area contributed by atoms with Crippen molar-refractivity contribution in [3.8, 4) is 0 Å². The number of likely N-dealkylation sites (tertiary alicyclic amines) is 1. The van der Waals surface area contributed by atoms with Gasteiger partial charge in [0.15, 0.2) is 5.82 Å². The minimum absolute atomic E-state index is 0.197. The molecule has 2 aliphatic heterocycles. The molecular weight excluding hydrogens is 440 g/mol. The van der Waals surface area contributed by atoms with Crippen LogP contribution >= 0.6 is 23.2 Å². The van der Waals surface area contributed by atoms with E-state index in [1.807, 2.05) is 6.92 Å². The van der Waals surface area contributed by atoms with Crippen molar-refractivity contribution in [3.63, 3.8) is 0 Å². The Balaban J connectivity index is 1.38. The zero-order valence-corrected chi connectivity index (χ0v) is 19.1. The van der Waals surface area contributed by atoms with E-state index in [-0.39, 0.29) is 18.5 Å². The first-order valence-electron chi connectivity index (χ1n) is 10.8. The largest absolute Gasteiger partial charge is 0.395 e. The summed E-state index contributed by atoms with van der Waals surface area (Å²) in [7, 11) is 0. The second-order valence-corrected chi connectivity index (χ2v) is 9.30. The highest BCUT2D eigenvalue weighted by atomic mass is 35.5.